The number of urea groups is 1. The standard InChI is InChI=1S/C72H97N9O16/c1-44(2)65(78-62(83)23-9-8-14-34-76-70(90)92-42-57-55-20-12-10-18-53(55)54-19-11-13-21-56(54)57)68(88)81(59(67(73)87)22-17-35-75-69(74)89)51-29-27-50(28-30-51)41-93-71(91)80-37-16-15-36-79(80)64(85)39-52-40-72(43-94-72)66(86)61(97-52)32-25-45(3)24-31-60-46(4)38-58(48(6)96-60)77-63(84)33-26-47(5)95-49(7)82/h10-13,18-21,24-30,32-33,44,46-48,52,57-61,65-66,86H,8-9,14-17,22-23,31,34-43H2,1-7H3,(H2,73,87)(H,76,90)(H,77,84)(H,78,83)(H3,74,75,89)/b32-25+,33-26-,45-24+/t46-,47-,48+,52+,58+,59-,60-,61+,65-,66+,72+/m0/s1. The van der Waals surface area contributed by atoms with Gasteiger partial charge in [-0.2, -0.15) is 0 Å². The Morgan fingerprint density at radius 2 is 1.48 bits per heavy atom. The van der Waals surface area contributed by atoms with Gasteiger partial charge in [0, 0.05) is 63.6 Å². The molecule has 97 heavy (non-hydrogen) atoms. The molecule has 9 N–H and O–H groups in total. The molecule has 1 aliphatic carbocycles. The molecule has 4 fully saturated rings. The second-order valence-electron chi connectivity index (χ2n) is 26.3. The lowest BCUT2D eigenvalue weighted by atomic mass is 9.87. The number of hydrazine groups is 1. The third kappa shape index (κ3) is 20.7. The number of carbonyl (C=O) groups excluding carboxylic acids is 9. The van der Waals surface area contributed by atoms with Crippen LogP contribution in [0.15, 0.2) is 109 Å². The third-order valence-electron chi connectivity index (χ3n) is 18.5. The van der Waals surface area contributed by atoms with E-state index in [9.17, 15) is 48.3 Å². The monoisotopic (exact) mass is 1340 g/mol. The fraction of sp³-hybridized carbons (Fsp3) is 0.542. The van der Waals surface area contributed by atoms with E-state index in [0.717, 1.165) is 27.8 Å². The number of fused-ring (bicyclic) bond motifs is 3. The van der Waals surface area contributed by atoms with E-state index >= 15 is 0 Å². The minimum absolute atomic E-state index is 0.0278. The number of ether oxygens (including phenoxy) is 6. The normalized spacial score (nSPS) is 23.2. The number of rotatable bonds is 30. The first-order valence-corrected chi connectivity index (χ1v) is 33.9. The van der Waals surface area contributed by atoms with Crippen LogP contribution in [0.2, 0.25) is 0 Å². The molecule has 0 unspecified atom stereocenters. The van der Waals surface area contributed by atoms with E-state index in [1.807, 2.05) is 44.2 Å². The van der Waals surface area contributed by atoms with E-state index in [1.54, 1.807) is 51.1 Å². The number of aliphatic hydroxyl groups is 1. The van der Waals surface area contributed by atoms with Gasteiger partial charge < -0.3 is 66.3 Å². The zero-order valence-electron chi connectivity index (χ0n) is 56.7. The molecule has 0 aromatic heterocycles. The summed E-state index contributed by atoms with van der Waals surface area (Å²) in [6.07, 6.45) is 8.65. The molecule has 3 aromatic rings. The zero-order valence-corrected chi connectivity index (χ0v) is 56.7. The molecule has 4 saturated heterocycles. The number of unbranched alkanes of at least 4 members (excludes halogenated alkanes) is 2. The lowest BCUT2D eigenvalue weighted by Gasteiger charge is -2.40. The number of allylic oxidation sites excluding steroid dienone is 2. The maximum absolute atomic E-state index is 14.8. The van der Waals surface area contributed by atoms with E-state index in [0.29, 0.717) is 63.7 Å². The van der Waals surface area contributed by atoms with E-state index in [1.165, 1.54) is 34.0 Å². The number of amides is 9. The largest absolute Gasteiger partial charge is 0.459 e. The van der Waals surface area contributed by atoms with Crippen molar-refractivity contribution >= 4 is 59.4 Å². The molecule has 526 valence electrons. The summed E-state index contributed by atoms with van der Waals surface area (Å²) in [7, 11) is 0. The van der Waals surface area contributed by atoms with Gasteiger partial charge in [0.15, 0.2) is 0 Å². The number of benzene rings is 3. The maximum Gasteiger partial charge on any atom is 0.429 e. The summed E-state index contributed by atoms with van der Waals surface area (Å²) in [5, 5.41) is 25.3. The number of hydrogen-bond donors (Lipinski definition) is 7. The van der Waals surface area contributed by atoms with Crippen LogP contribution in [0.3, 0.4) is 0 Å². The van der Waals surface area contributed by atoms with Crippen LogP contribution >= 0.6 is 0 Å². The highest BCUT2D eigenvalue weighted by atomic mass is 16.6. The zero-order chi connectivity index (χ0) is 69.9. The van der Waals surface area contributed by atoms with Crippen molar-refractivity contribution in [3.8, 4) is 11.1 Å². The summed E-state index contributed by atoms with van der Waals surface area (Å²) in [5.74, 6) is -3.31. The van der Waals surface area contributed by atoms with Crippen molar-refractivity contribution < 1.29 is 76.7 Å². The van der Waals surface area contributed by atoms with E-state index < -0.39 is 84.0 Å². The molecule has 3 aromatic carbocycles. The Morgan fingerprint density at radius 3 is 2.13 bits per heavy atom. The van der Waals surface area contributed by atoms with Crippen molar-refractivity contribution in [1.82, 2.24) is 31.3 Å². The summed E-state index contributed by atoms with van der Waals surface area (Å²) >= 11 is 0. The number of primary amides is 2. The number of nitrogens with one attached hydrogen (secondary N) is 4. The number of alkyl carbamates (subject to hydrolysis) is 1. The van der Waals surface area contributed by atoms with Crippen LogP contribution in [0.1, 0.15) is 148 Å². The van der Waals surface area contributed by atoms with Crippen molar-refractivity contribution in [1.29, 1.82) is 0 Å². The molecule has 0 bridgehead atoms. The third-order valence-corrected chi connectivity index (χ3v) is 18.5. The van der Waals surface area contributed by atoms with Gasteiger partial charge in [0.25, 0.3) is 5.91 Å². The van der Waals surface area contributed by atoms with Crippen LogP contribution < -0.4 is 37.6 Å². The van der Waals surface area contributed by atoms with E-state index in [-0.39, 0.29) is 118 Å². The van der Waals surface area contributed by atoms with Gasteiger partial charge in [-0.05, 0) is 130 Å². The molecule has 0 saturated carbocycles. The van der Waals surface area contributed by atoms with Gasteiger partial charge in [-0.3, -0.25) is 33.7 Å². The molecule has 0 radical (unpaired) electrons. The predicted molar refractivity (Wildman–Crippen MR) is 360 cm³/mol. The van der Waals surface area contributed by atoms with Crippen LogP contribution in [0.5, 0.6) is 0 Å². The van der Waals surface area contributed by atoms with Gasteiger partial charge >= 0.3 is 24.2 Å². The van der Waals surface area contributed by atoms with Crippen LogP contribution in [0.4, 0.5) is 20.1 Å². The minimum atomic E-state index is -1.22. The highest BCUT2D eigenvalue weighted by Crippen LogP contribution is 2.45. The molecule has 4 heterocycles. The Bertz CT molecular complexity index is 3310. The summed E-state index contributed by atoms with van der Waals surface area (Å²) in [6.45, 7) is 13.6. The summed E-state index contributed by atoms with van der Waals surface area (Å²) in [6, 6.07) is 19.3. The fourth-order valence-electron chi connectivity index (χ4n) is 13.1. The molecule has 25 heteroatoms. The van der Waals surface area contributed by atoms with Crippen LogP contribution in [-0.2, 0) is 63.8 Å². The number of carbonyl (C=O) groups is 9. The number of epoxide rings is 1. The van der Waals surface area contributed by atoms with E-state index in [2.05, 4.69) is 58.5 Å². The number of aliphatic hydroxyl groups excluding tert-OH is 1. The second-order valence-corrected chi connectivity index (χ2v) is 26.3. The van der Waals surface area contributed by atoms with Crippen LogP contribution in [0, 0.1) is 11.8 Å². The van der Waals surface area contributed by atoms with E-state index in [4.69, 9.17) is 39.9 Å². The maximum atomic E-state index is 14.8. The molecule has 25 nitrogen and oxygen atoms in total. The summed E-state index contributed by atoms with van der Waals surface area (Å²) in [5.41, 5.74) is 16.6. The molecule has 8 rings (SSSR count). The second kappa shape index (κ2) is 35.0. The van der Waals surface area contributed by atoms with Crippen molar-refractivity contribution in [2.24, 2.45) is 23.3 Å². The first-order valence-electron chi connectivity index (χ1n) is 33.9. The predicted octanol–water partition coefficient (Wildman–Crippen LogP) is 7.41. The molecule has 11 atom stereocenters. The number of hydrogen-bond acceptors (Lipinski definition) is 16. The highest BCUT2D eigenvalue weighted by molar-refractivity contribution is 6.04. The Labute approximate surface area is 567 Å². The smallest absolute Gasteiger partial charge is 0.429 e. The Kier molecular flexibility index (Phi) is 26.8. The Balaban J connectivity index is 0.816. The molecule has 9 amide bonds. The van der Waals surface area contributed by atoms with Gasteiger partial charge in [-0.25, -0.2) is 24.4 Å². The molecule has 5 aliphatic rings. The van der Waals surface area contributed by atoms with Gasteiger partial charge in [0.05, 0.1) is 37.4 Å². The van der Waals surface area contributed by atoms with Gasteiger partial charge in [0.1, 0.15) is 49.2 Å². The molecular weight excluding hydrogens is 1250 g/mol. The summed E-state index contributed by atoms with van der Waals surface area (Å²) < 4.78 is 35.1. The summed E-state index contributed by atoms with van der Waals surface area (Å²) in [4.78, 5) is 119. The SMILES string of the molecule is CC(=O)O[C@@H](C)/C=C\C(=O)N[C@@H]1C[C@H](C)[C@H](C/C=C(C)/C=C/[C@H]2O[C@H](CC(=O)N3CCCCN3C(=O)OCc3ccc(N(C(=O)[C@@H](NC(=O)CCCCCNC(=O)OCC4c5ccccc5-c5ccccc54)C(C)C)[C@@H](CCCNC(N)=O)C(N)=O)cc3)C[C@@]3(CO3)[C@@H]2O)O[C@@H]1C. The molecule has 1 spiro atoms. The lowest BCUT2D eigenvalue weighted by Crippen LogP contribution is -2.57. The average molecular weight is 1340 g/mol. The van der Waals surface area contributed by atoms with Gasteiger partial charge in [-0.15, -0.1) is 0 Å². The fourth-order valence-corrected chi connectivity index (χ4v) is 13.1. The van der Waals surface area contributed by atoms with Gasteiger partial charge in [0.2, 0.25) is 23.6 Å². The quantitative estimate of drug-likeness (QED) is 0.00852. The topological polar surface area (TPSA) is 342 Å². The average Bonchev–Trinajstić information content (AvgIpc) is 1.61. The Morgan fingerprint density at radius 1 is 0.814 bits per heavy atom. The van der Waals surface area contributed by atoms with Crippen molar-refractivity contribution in [3.05, 3.63) is 125 Å². The minimum Gasteiger partial charge on any atom is -0.459 e. The number of esters is 1. The van der Waals surface area contributed by atoms with Crippen molar-refractivity contribution in [2.75, 3.05) is 44.3 Å². The van der Waals surface area contributed by atoms with Gasteiger partial charge in [-0.1, -0.05) is 112 Å². The Hall–Kier alpha value is -8.65. The van der Waals surface area contributed by atoms with Crippen molar-refractivity contribution in [3.63, 3.8) is 0 Å². The van der Waals surface area contributed by atoms with Crippen LogP contribution in [-0.4, -0.2) is 169 Å². The number of anilines is 1. The number of nitrogens with two attached hydrogens (primary N) is 2. The molecular formula is C72H97N9O16. The first kappa shape index (κ1) is 74.1. The molecule has 4 aliphatic heterocycles. The first-order chi connectivity index (χ1) is 46.4. The highest BCUT2D eigenvalue weighted by Gasteiger charge is 2.58. The number of nitrogens with zero attached hydrogens (tertiary/aromatic N) is 3. The van der Waals surface area contributed by atoms with Crippen LogP contribution in [0.25, 0.3) is 11.1 Å². The van der Waals surface area contributed by atoms with Crippen molar-refractivity contribution in [2.45, 2.75) is 198 Å². The lowest BCUT2D eigenvalue weighted by molar-refractivity contribution is -0.163.